The molecule has 1 aromatic carbocycles. The summed E-state index contributed by atoms with van der Waals surface area (Å²) in [5.41, 5.74) is 0.955. The molecule has 2 N–H and O–H groups in total. The average Bonchev–Trinajstić information content (AvgIpc) is 2.17. The molecule has 0 spiro atoms. The Morgan fingerprint density at radius 3 is 3.00 bits per heavy atom. The number of nitrogens with one attached hydrogen (secondary N) is 1. The Morgan fingerprint density at radius 2 is 2.33 bits per heavy atom. The van der Waals surface area contributed by atoms with E-state index in [0.717, 1.165) is 19.8 Å². The molecule has 0 amide bonds. The largest absolute Gasteiger partial charge is 0.478 e. The standard InChI is InChI=1S/C10H9BrINO2/c11-8-4-3-7(12)6-9(8)13-5-1-2-10(14)15/h1-4,6,13H,5H2,(H,14,15)/b2-1+. The van der Waals surface area contributed by atoms with Gasteiger partial charge in [0.15, 0.2) is 0 Å². The first-order valence-electron chi connectivity index (χ1n) is 4.18. The maximum Gasteiger partial charge on any atom is 0.328 e. The van der Waals surface area contributed by atoms with E-state index >= 15 is 0 Å². The van der Waals surface area contributed by atoms with Gasteiger partial charge in [0.05, 0.1) is 0 Å². The third-order valence-electron chi connectivity index (χ3n) is 1.60. The molecule has 0 heterocycles. The number of hydrogen-bond acceptors (Lipinski definition) is 2. The van der Waals surface area contributed by atoms with Crippen LogP contribution in [-0.2, 0) is 4.79 Å². The lowest BCUT2D eigenvalue weighted by Crippen LogP contribution is -2.00. The average molecular weight is 382 g/mol. The zero-order valence-electron chi connectivity index (χ0n) is 7.71. The highest BCUT2D eigenvalue weighted by Crippen LogP contribution is 2.24. The van der Waals surface area contributed by atoms with Crippen LogP contribution in [0.5, 0.6) is 0 Å². The van der Waals surface area contributed by atoms with Crippen LogP contribution < -0.4 is 5.32 Å². The Kier molecular flexibility index (Phi) is 5.10. The maximum absolute atomic E-state index is 10.2. The lowest BCUT2D eigenvalue weighted by Gasteiger charge is -2.06. The van der Waals surface area contributed by atoms with Crippen molar-refractivity contribution in [2.24, 2.45) is 0 Å². The topological polar surface area (TPSA) is 49.3 Å². The minimum absolute atomic E-state index is 0.491. The quantitative estimate of drug-likeness (QED) is 0.622. The Bertz CT molecular complexity index is 393. The van der Waals surface area contributed by atoms with E-state index < -0.39 is 5.97 Å². The van der Waals surface area contributed by atoms with E-state index in [-0.39, 0.29) is 0 Å². The van der Waals surface area contributed by atoms with Crippen molar-refractivity contribution in [2.75, 3.05) is 11.9 Å². The predicted molar refractivity (Wildman–Crippen MR) is 72.1 cm³/mol. The lowest BCUT2D eigenvalue weighted by molar-refractivity contribution is -0.131. The molecule has 0 aliphatic rings. The number of anilines is 1. The van der Waals surface area contributed by atoms with Gasteiger partial charge in [0, 0.05) is 26.4 Å². The number of carboxylic acids is 1. The monoisotopic (exact) mass is 381 g/mol. The number of aliphatic carboxylic acids is 1. The molecular weight excluding hydrogens is 373 g/mol. The van der Waals surface area contributed by atoms with E-state index in [0.29, 0.717) is 6.54 Å². The first-order valence-corrected chi connectivity index (χ1v) is 6.05. The second kappa shape index (κ2) is 6.12. The first kappa shape index (κ1) is 12.5. The Labute approximate surface area is 110 Å². The molecule has 3 nitrogen and oxygen atoms in total. The molecule has 0 fully saturated rings. The molecule has 0 unspecified atom stereocenters. The molecule has 0 radical (unpaired) electrons. The van der Waals surface area contributed by atoms with Crippen molar-refractivity contribution in [3.63, 3.8) is 0 Å². The van der Waals surface area contributed by atoms with Crippen molar-refractivity contribution in [2.45, 2.75) is 0 Å². The van der Waals surface area contributed by atoms with Crippen molar-refractivity contribution in [3.05, 3.63) is 38.4 Å². The fourth-order valence-corrected chi connectivity index (χ4v) is 1.84. The van der Waals surface area contributed by atoms with Crippen LogP contribution in [0.25, 0.3) is 0 Å². The normalized spacial score (nSPS) is 10.5. The number of hydrogen-bond donors (Lipinski definition) is 2. The van der Waals surface area contributed by atoms with Gasteiger partial charge in [0.1, 0.15) is 0 Å². The SMILES string of the molecule is O=C(O)/C=C/CNc1cc(I)ccc1Br. The molecule has 0 aliphatic carbocycles. The van der Waals surface area contributed by atoms with Gasteiger partial charge in [-0.05, 0) is 56.7 Å². The summed E-state index contributed by atoms with van der Waals surface area (Å²) in [6.45, 7) is 0.491. The van der Waals surface area contributed by atoms with E-state index in [4.69, 9.17) is 5.11 Å². The molecule has 80 valence electrons. The molecule has 1 aromatic rings. The van der Waals surface area contributed by atoms with Gasteiger partial charge in [-0.2, -0.15) is 0 Å². The van der Waals surface area contributed by atoms with Gasteiger partial charge in [-0.3, -0.25) is 0 Å². The van der Waals surface area contributed by atoms with Crippen LogP contribution in [0.1, 0.15) is 0 Å². The van der Waals surface area contributed by atoms with E-state index in [2.05, 4.69) is 43.8 Å². The number of rotatable bonds is 4. The predicted octanol–water partition coefficient (Wildman–Crippen LogP) is 3.11. The van der Waals surface area contributed by atoms with Gasteiger partial charge in [-0.15, -0.1) is 0 Å². The number of carbonyl (C=O) groups is 1. The summed E-state index contributed by atoms with van der Waals surface area (Å²) in [7, 11) is 0. The summed E-state index contributed by atoms with van der Waals surface area (Å²) in [5, 5.41) is 11.5. The van der Waals surface area contributed by atoms with E-state index in [1.54, 1.807) is 6.08 Å². The molecule has 0 bridgehead atoms. The maximum atomic E-state index is 10.2. The molecule has 0 saturated carbocycles. The molecule has 0 aliphatic heterocycles. The summed E-state index contributed by atoms with van der Waals surface area (Å²) in [6, 6.07) is 5.92. The minimum Gasteiger partial charge on any atom is -0.478 e. The third-order valence-corrected chi connectivity index (χ3v) is 2.96. The Hall–Kier alpha value is -0.560. The number of carboxylic acid groups (broad SMARTS) is 1. The van der Waals surface area contributed by atoms with Gasteiger partial charge in [0.25, 0.3) is 0 Å². The van der Waals surface area contributed by atoms with Gasteiger partial charge in [-0.25, -0.2) is 4.79 Å². The van der Waals surface area contributed by atoms with Crippen LogP contribution in [0.3, 0.4) is 0 Å². The fourth-order valence-electron chi connectivity index (χ4n) is 0.962. The smallest absolute Gasteiger partial charge is 0.328 e. The highest BCUT2D eigenvalue weighted by atomic mass is 127. The van der Waals surface area contributed by atoms with Crippen molar-refractivity contribution in [1.82, 2.24) is 0 Å². The summed E-state index contributed by atoms with van der Waals surface area (Å²) < 4.78 is 2.09. The van der Waals surface area contributed by atoms with Crippen LogP contribution in [0.4, 0.5) is 5.69 Å². The number of halogens is 2. The summed E-state index contributed by atoms with van der Waals surface area (Å²) in [6.07, 6.45) is 2.68. The van der Waals surface area contributed by atoms with E-state index in [1.807, 2.05) is 18.2 Å². The molecular formula is C10H9BrINO2. The second-order valence-corrected chi connectivity index (χ2v) is 4.85. The minimum atomic E-state index is -0.932. The first-order chi connectivity index (χ1) is 7.09. The van der Waals surface area contributed by atoms with E-state index in [1.165, 1.54) is 0 Å². The lowest BCUT2D eigenvalue weighted by atomic mass is 10.3. The zero-order chi connectivity index (χ0) is 11.3. The summed E-state index contributed by atoms with van der Waals surface area (Å²) >= 11 is 5.63. The molecule has 15 heavy (non-hydrogen) atoms. The van der Waals surface area contributed by atoms with Gasteiger partial charge in [-0.1, -0.05) is 6.08 Å². The van der Waals surface area contributed by atoms with Crippen LogP contribution in [0.15, 0.2) is 34.8 Å². The molecule has 5 heteroatoms. The molecule has 0 atom stereocenters. The summed E-state index contributed by atoms with van der Waals surface area (Å²) in [5.74, 6) is -0.932. The van der Waals surface area contributed by atoms with Crippen molar-refractivity contribution in [1.29, 1.82) is 0 Å². The van der Waals surface area contributed by atoms with Gasteiger partial charge < -0.3 is 10.4 Å². The van der Waals surface area contributed by atoms with Crippen LogP contribution in [-0.4, -0.2) is 17.6 Å². The zero-order valence-corrected chi connectivity index (χ0v) is 11.4. The van der Waals surface area contributed by atoms with Crippen molar-refractivity contribution in [3.8, 4) is 0 Å². The van der Waals surface area contributed by atoms with E-state index in [9.17, 15) is 4.79 Å². The van der Waals surface area contributed by atoms with Gasteiger partial charge in [0.2, 0.25) is 0 Å². The van der Waals surface area contributed by atoms with Crippen LogP contribution >= 0.6 is 38.5 Å². The number of benzene rings is 1. The summed E-state index contributed by atoms with van der Waals surface area (Å²) in [4.78, 5) is 10.2. The van der Waals surface area contributed by atoms with Crippen molar-refractivity contribution >= 4 is 50.2 Å². The highest BCUT2D eigenvalue weighted by Gasteiger charge is 1.98. The van der Waals surface area contributed by atoms with Crippen molar-refractivity contribution < 1.29 is 9.90 Å². The van der Waals surface area contributed by atoms with Gasteiger partial charge >= 0.3 is 5.97 Å². The Balaban J connectivity index is 2.57. The van der Waals surface area contributed by atoms with Crippen LogP contribution in [0, 0.1) is 3.57 Å². The molecule has 1 rings (SSSR count). The highest BCUT2D eigenvalue weighted by molar-refractivity contribution is 14.1. The molecule has 0 aromatic heterocycles. The third kappa shape index (κ3) is 4.65. The Morgan fingerprint density at radius 1 is 1.60 bits per heavy atom. The van der Waals surface area contributed by atoms with Crippen LogP contribution in [0.2, 0.25) is 0 Å². The fraction of sp³-hybridized carbons (Fsp3) is 0.100. The molecule has 0 saturated heterocycles. The second-order valence-electron chi connectivity index (χ2n) is 2.75.